The lowest BCUT2D eigenvalue weighted by Crippen LogP contribution is -2.52. The van der Waals surface area contributed by atoms with Crippen molar-refractivity contribution in [3.63, 3.8) is 0 Å². The second-order valence-corrected chi connectivity index (χ2v) is 9.65. The van der Waals surface area contributed by atoms with E-state index >= 15 is 0 Å². The molecule has 0 saturated carbocycles. The van der Waals surface area contributed by atoms with Crippen LogP contribution in [0.25, 0.3) is 10.4 Å². The summed E-state index contributed by atoms with van der Waals surface area (Å²) in [5.74, 6) is 0.137. The van der Waals surface area contributed by atoms with Gasteiger partial charge in [0, 0.05) is 34.9 Å². The molecule has 0 radical (unpaired) electrons. The number of imide groups is 1. The fourth-order valence-corrected chi connectivity index (χ4v) is 5.45. The maximum absolute atomic E-state index is 12.9. The van der Waals surface area contributed by atoms with E-state index in [4.69, 9.17) is 5.53 Å². The Bertz CT molecular complexity index is 1130. The topological polar surface area (TPSA) is 115 Å². The molecule has 176 valence electrons. The van der Waals surface area contributed by atoms with Crippen LogP contribution in [0.1, 0.15) is 52.7 Å². The number of aryl methyl sites for hydroxylation is 2. The van der Waals surface area contributed by atoms with Gasteiger partial charge in [-0.1, -0.05) is 35.4 Å². The molecule has 2 heterocycles. The van der Waals surface area contributed by atoms with Gasteiger partial charge in [0.1, 0.15) is 6.04 Å². The highest BCUT2D eigenvalue weighted by Crippen LogP contribution is 2.34. The van der Waals surface area contributed by atoms with Crippen molar-refractivity contribution in [1.29, 1.82) is 0 Å². The second kappa shape index (κ2) is 11.2. The van der Waals surface area contributed by atoms with Crippen molar-refractivity contribution in [3.05, 3.63) is 75.2 Å². The van der Waals surface area contributed by atoms with Gasteiger partial charge < -0.3 is 4.90 Å². The number of azide groups is 1. The van der Waals surface area contributed by atoms with Crippen LogP contribution in [0, 0.1) is 0 Å². The summed E-state index contributed by atoms with van der Waals surface area (Å²) >= 11 is 1.74. The molecule has 2 aliphatic heterocycles. The zero-order chi connectivity index (χ0) is 23.9. The summed E-state index contributed by atoms with van der Waals surface area (Å²) in [6.07, 6.45) is 4.37. The molecule has 3 amide bonds. The summed E-state index contributed by atoms with van der Waals surface area (Å²) in [4.78, 5) is 42.1. The Kier molecular flexibility index (Phi) is 7.87. The Morgan fingerprint density at radius 3 is 2.50 bits per heavy atom. The minimum Gasteiger partial charge on any atom is -0.322 e. The highest BCUT2D eigenvalue weighted by atomic mass is 32.2. The summed E-state index contributed by atoms with van der Waals surface area (Å²) in [5.41, 5.74) is 12.5. The first-order chi connectivity index (χ1) is 16.6. The van der Waals surface area contributed by atoms with Crippen LogP contribution in [0.5, 0.6) is 0 Å². The molecule has 2 aromatic carbocycles. The van der Waals surface area contributed by atoms with Crippen LogP contribution in [0.4, 0.5) is 0 Å². The molecule has 2 aliphatic rings. The number of nitrogens with zero attached hydrogens (tertiary/aromatic N) is 4. The van der Waals surface area contributed by atoms with Crippen molar-refractivity contribution in [3.8, 4) is 0 Å². The first-order valence-electron chi connectivity index (χ1n) is 11.5. The molecular formula is C25H27N5O3S. The van der Waals surface area contributed by atoms with E-state index in [0.29, 0.717) is 25.1 Å². The van der Waals surface area contributed by atoms with Gasteiger partial charge in [-0.05, 0) is 72.2 Å². The van der Waals surface area contributed by atoms with Crippen molar-refractivity contribution in [2.75, 3.05) is 12.3 Å². The van der Waals surface area contributed by atoms with Crippen molar-refractivity contribution in [2.45, 2.75) is 56.0 Å². The number of carbonyl (C=O) groups excluding carboxylic acids is 3. The molecule has 1 atom stereocenters. The fourth-order valence-electron chi connectivity index (χ4n) is 4.42. The van der Waals surface area contributed by atoms with Crippen molar-refractivity contribution in [1.82, 2.24) is 10.2 Å². The van der Waals surface area contributed by atoms with Gasteiger partial charge >= 0.3 is 0 Å². The van der Waals surface area contributed by atoms with E-state index in [1.54, 1.807) is 16.7 Å². The summed E-state index contributed by atoms with van der Waals surface area (Å²) in [6.45, 7) is 0.931. The zero-order valence-corrected chi connectivity index (χ0v) is 19.7. The summed E-state index contributed by atoms with van der Waals surface area (Å²) in [6, 6.07) is 13.8. The van der Waals surface area contributed by atoms with Gasteiger partial charge in [0.25, 0.3) is 5.91 Å². The molecule has 1 unspecified atom stereocenters. The lowest BCUT2D eigenvalue weighted by atomic mass is 10.0. The Morgan fingerprint density at radius 2 is 1.79 bits per heavy atom. The smallest absolute Gasteiger partial charge is 0.255 e. The SMILES string of the molecule is [N-]=[N+]=NCCCc1ccc(CCCSc2cccc3c2CN(C2CCC(=O)NC2=O)C3=O)cc1. The highest BCUT2D eigenvalue weighted by molar-refractivity contribution is 7.99. The molecule has 0 aromatic heterocycles. The third-order valence-electron chi connectivity index (χ3n) is 6.22. The molecule has 1 saturated heterocycles. The molecule has 34 heavy (non-hydrogen) atoms. The first kappa shape index (κ1) is 23.9. The van der Waals surface area contributed by atoms with Crippen LogP contribution < -0.4 is 5.32 Å². The minimum atomic E-state index is -0.586. The Labute approximate surface area is 202 Å². The van der Waals surface area contributed by atoms with E-state index in [9.17, 15) is 14.4 Å². The van der Waals surface area contributed by atoms with Gasteiger partial charge in [-0.3, -0.25) is 19.7 Å². The average Bonchev–Trinajstić information content (AvgIpc) is 3.17. The van der Waals surface area contributed by atoms with Crippen molar-refractivity contribution < 1.29 is 14.4 Å². The molecule has 9 heteroatoms. The number of benzene rings is 2. The van der Waals surface area contributed by atoms with Crippen molar-refractivity contribution in [2.24, 2.45) is 5.11 Å². The molecular weight excluding hydrogens is 450 g/mol. The van der Waals surface area contributed by atoms with Gasteiger partial charge in [-0.15, -0.1) is 11.8 Å². The van der Waals surface area contributed by atoms with Gasteiger partial charge in [0.2, 0.25) is 11.8 Å². The number of carbonyl (C=O) groups is 3. The Hall–Kier alpha value is -3.29. The lowest BCUT2D eigenvalue weighted by molar-refractivity contribution is -0.136. The highest BCUT2D eigenvalue weighted by Gasteiger charge is 2.39. The Morgan fingerprint density at radius 1 is 1.06 bits per heavy atom. The average molecular weight is 478 g/mol. The second-order valence-electron chi connectivity index (χ2n) is 8.51. The third kappa shape index (κ3) is 5.61. The normalized spacial score (nSPS) is 17.4. The maximum Gasteiger partial charge on any atom is 0.255 e. The summed E-state index contributed by atoms with van der Waals surface area (Å²) in [5, 5.41) is 5.92. The van der Waals surface area contributed by atoms with E-state index in [1.807, 2.05) is 18.2 Å². The van der Waals surface area contributed by atoms with Crippen LogP contribution in [-0.4, -0.2) is 41.0 Å². The van der Waals surface area contributed by atoms with E-state index < -0.39 is 6.04 Å². The van der Waals surface area contributed by atoms with Crippen LogP contribution in [0.3, 0.4) is 0 Å². The molecule has 0 spiro atoms. The van der Waals surface area contributed by atoms with Gasteiger partial charge in [-0.25, -0.2) is 0 Å². The molecule has 1 N–H and O–H groups in total. The number of piperidine rings is 1. The summed E-state index contributed by atoms with van der Waals surface area (Å²) < 4.78 is 0. The summed E-state index contributed by atoms with van der Waals surface area (Å²) in [7, 11) is 0. The van der Waals surface area contributed by atoms with Crippen LogP contribution in [0.15, 0.2) is 52.5 Å². The molecule has 4 rings (SSSR count). The van der Waals surface area contributed by atoms with E-state index in [1.165, 1.54) is 11.1 Å². The third-order valence-corrected chi connectivity index (χ3v) is 7.40. The number of hydrogen-bond donors (Lipinski definition) is 1. The molecule has 8 nitrogen and oxygen atoms in total. The monoisotopic (exact) mass is 477 g/mol. The predicted octanol–water partition coefficient (Wildman–Crippen LogP) is 4.42. The number of nitrogens with one attached hydrogen (secondary N) is 1. The Balaban J connectivity index is 1.29. The fraction of sp³-hybridized carbons (Fsp3) is 0.400. The molecule has 0 bridgehead atoms. The van der Waals surface area contributed by atoms with Gasteiger partial charge in [0.15, 0.2) is 0 Å². The predicted molar refractivity (Wildman–Crippen MR) is 130 cm³/mol. The molecule has 2 aromatic rings. The molecule has 0 aliphatic carbocycles. The van der Waals surface area contributed by atoms with Crippen LogP contribution in [-0.2, 0) is 29.0 Å². The zero-order valence-electron chi connectivity index (χ0n) is 18.9. The van der Waals surface area contributed by atoms with E-state index in [2.05, 4.69) is 39.6 Å². The van der Waals surface area contributed by atoms with E-state index in [-0.39, 0.29) is 24.1 Å². The minimum absolute atomic E-state index is 0.133. The number of hydrogen-bond acceptors (Lipinski definition) is 5. The number of fused-ring (bicyclic) bond motifs is 1. The largest absolute Gasteiger partial charge is 0.322 e. The van der Waals surface area contributed by atoms with E-state index in [0.717, 1.165) is 41.9 Å². The van der Waals surface area contributed by atoms with Crippen molar-refractivity contribution >= 4 is 29.5 Å². The maximum atomic E-state index is 12.9. The van der Waals surface area contributed by atoms with Crippen LogP contribution in [0.2, 0.25) is 0 Å². The number of thioether (sulfide) groups is 1. The molecule has 1 fully saturated rings. The number of amides is 3. The quantitative estimate of drug-likeness (QED) is 0.136. The number of rotatable bonds is 10. The van der Waals surface area contributed by atoms with Crippen LogP contribution >= 0.6 is 11.8 Å². The first-order valence-corrected chi connectivity index (χ1v) is 12.5. The van der Waals surface area contributed by atoms with Gasteiger partial charge in [-0.2, -0.15) is 0 Å². The van der Waals surface area contributed by atoms with Gasteiger partial charge in [0.05, 0.1) is 0 Å². The lowest BCUT2D eigenvalue weighted by Gasteiger charge is -2.29. The standard InChI is InChI=1S/C25H27N5O3S/c26-29-27-14-2-4-17-8-10-18(11-9-17)5-3-15-34-22-7-1-6-19-20(22)16-30(25(19)33)21-12-13-23(31)28-24(21)32/h1,6-11,21H,2-5,12-16H2,(H,28,31,32).